The van der Waals surface area contributed by atoms with Crippen LogP contribution in [0.1, 0.15) is 14.9 Å². The largest absolute Gasteiger partial charge is 0.274 e. The third-order valence-electron chi connectivity index (χ3n) is 1.72. The quantitative estimate of drug-likeness (QED) is 0.475. The average Bonchev–Trinajstić information content (AvgIpc) is 2.02. The summed E-state index contributed by atoms with van der Waals surface area (Å²) in [5.41, 5.74) is 1.71. The number of benzene rings is 1. The van der Waals surface area contributed by atoms with Crippen LogP contribution in [0.15, 0.2) is 18.2 Å². The molecule has 0 radical (unpaired) electrons. The Morgan fingerprint density at radius 3 is 2.46 bits per heavy atom. The van der Waals surface area contributed by atoms with E-state index >= 15 is 0 Å². The molecule has 0 saturated heterocycles. The van der Waals surface area contributed by atoms with E-state index in [1.807, 2.05) is 13.0 Å². The van der Waals surface area contributed by atoms with E-state index in [2.05, 4.69) is 31.9 Å². The van der Waals surface area contributed by atoms with Gasteiger partial charge in [0.1, 0.15) is 3.74 Å². The fourth-order valence-electron chi connectivity index (χ4n) is 1.11. The molecule has 0 atom stereocenters. The molecule has 5 heteroatoms. The molecule has 0 aliphatic rings. The highest BCUT2D eigenvalue weighted by atomic mass is 79.9. The van der Waals surface area contributed by atoms with Gasteiger partial charge in [0.05, 0.1) is 10.5 Å². The summed E-state index contributed by atoms with van der Waals surface area (Å²) >= 11 is 6.53. The van der Waals surface area contributed by atoms with Gasteiger partial charge in [0.2, 0.25) is 0 Å². The first-order valence-electron chi connectivity index (χ1n) is 3.56. The Balaban J connectivity index is 3.34. The zero-order chi connectivity index (χ0) is 10.0. The van der Waals surface area contributed by atoms with Crippen LogP contribution in [0.4, 0.5) is 5.69 Å². The molecule has 0 heterocycles. The molecule has 1 aromatic rings. The van der Waals surface area contributed by atoms with Crippen molar-refractivity contribution in [2.75, 3.05) is 0 Å². The molecule has 1 aromatic carbocycles. The zero-order valence-electron chi connectivity index (χ0n) is 6.83. The van der Waals surface area contributed by atoms with Crippen LogP contribution in [0.25, 0.3) is 0 Å². The number of nitro groups is 1. The van der Waals surface area contributed by atoms with Gasteiger partial charge in [-0.05, 0) is 12.5 Å². The van der Waals surface area contributed by atoms with Crippen LogP contribution in [-0.2, 0) is 0 Å². The van der Waals surface area contributed by atoms with Gasteiger partial charge in [-0.1, -0.05) is 44.0 Å². The third-order valence-corrected chi connectivity index (χ3v) is 2.63. The van der Waals surface area contributed by atoms with Crippen LogP contribution in [-0.4, -0.2) is 4.92 Å². The van der Waals surface area contributed by atoms with Gasteiger partial charge in [0.15, 0.2) is 0 Å². The Morgan fingerprint density at radius 2 is 2.08 bits per heavy atom. The van der Waals surface area contributed by atoms with Gasteiger partial charge < -0.3 is 0 Å². The summed E-state index contributed by atoms with van der Waals surface area (Å²) in [6.07, 6.45) is 0. The minimum atomic E-state index is -0.377. The molecule has 1 rings (SSSR count). The minimum absolute atomic E-state index is 0.138. The SMILES string of the molecule is Cc1cccc([N+](=O)[O-])c1C(Br)Br. The Kier molecular flexibility index (Phi) is 3.44. The van der Waals surface area contributed by atoms with Crippen molar-refractivity contribution in [3.63, 3.8) is 0 Å². The Morgan fingerprint density at radius 1 is 1.46 bits per heavy atom. The number of hydrogen-bond donors (Lipinski definition) is 0. The minimum Gasteiger partial charge on any atom is -0.258 e. The van der Waals surface area contributed by atoms with Crippen LogP contribution in [0.5, 0.6) is 0 Å². The molecule has 13 heavy (non-hydrogen) atoms. The lowest BCUT2D eigenvalue weighted by Gasteiger charge is -2.06. The first-order valence-corrected chi connectivity index (χ1v) is 5.39. The summed E-state index contributed by atoms with van der Waals surface area (Å²) in [7, 11) is 0. The van der Waals surface area contributed by atoms with Gasteiger partial charge in [0, 0.05) is 6.07 Å². The van der Waals surface area contributed by atoms with Gasteiger partial charge >= 0.3 is 0 Å². The molecule has 3 nitrogen and oxygen atoms in total. The molecular formula is C8H7Br2NO2. The lowest BCUT2D eigenvalue weighted by Crippen LogP contribution is -1.96. The van der Waals surface area contributed by atoms with Gasteiger partial charge in [-0.3, -0.25) is 10.1 Å². The Labute approximate surface area is 92.5 Å². The first-order chi connectivity index (χ1) is 6.04. The Hall–Kier alpha value is -0.420. The second-order valence-corrected chi connectivity index (χ2v) is 5.63. The predicted octanol–water partition coefficient (Wildman–Crippen LogP) is 3.69. The van der Waals surface area contributed by atoms with Crippen LogP contribution in [0.2, 0.25) is 0 Å². The van der Waals surface area contributed by atoms with Gasteiger partial charge in [0.25, 0.3) is 5.69 Å². The maximum absolute atomic E-state index is 10.6. The molecule has 70 valence electrons. The number of halogens is 2. The lowest BCUT2D eigenvalue weighted by molar-refractivity contribution is -0.385. The summed E-state index contributed by atoms with van der Waals surface area (Å²) in [6.45, 7) is 1.85. The molecule has 0 fully saturated rings. The molecule has 0 saturated carbocycles. The maximum Gasteiger partial charge on any atom is 0.274 e. The van der Waals surface area contributed by atoms with Gasteiger partial charge in [-0.25, -0.2) is 0 Å². The molecule has 0 amide bonds. The molecule has 0 aliphatic carbocycles. The zero-order valence-corrected chi connectivity index (χ0v) is 10.0. The fraction of sp³-hybridized carbons (Fsp3) is 0.250. The van der Waals surface area contributed by atoms with Gasteiger partial charge in [-0.2, -0.15) is 0 Å². The van der Waals surface area contributed by atoms with Crippen molar-refractivity contribution in [3.8, 4) is 0 Å². The van der Waals surface area contributed by atoms with Crippen LogP contribution in [0, 0.1) is 17.0 Å². The molecule has 0 N–H and O–H groups in total. The normalized spacial score (nSPS) is 10.5. The number of rotatable bonds is 2. The molecule has 0 aliphatic heterocycles. The van der Waals surface area contributed by atoms with Crippen molar-refractivity contribution >= 4 is 37.5 Å². The molecule has 0 bridgehead atoms. The number of nitro benzene ring substituents is 1. The summed E-state index contributed by atoms with van der Waals surface area (Å²) in [6, 6.07) is 5.02. The topological polar surface area (TPSA) is 43.1 Å². The van der Waals surface area contributed by atoms with Crippen molar-refractivity contribution in [1.29, 1.82) is 0 Å². The number of hydrogen-bond acceptors (Lipinski definition) is 2. The number of aryl methyl sites for hydroxylation is 1. The number of alkyl halides is 2. The highest BCUT2D eigenvalue weighted by Crippen LogP contribution is 2.37. The first kappa shape index (κ1) is 10.7. The molecular weight excluding hydrogens is 302 g/mol. The van der Waals surface area contributed by atoms with E-state index in [1.54, 1.807) is 6.07 Å². The fourth-order valence-corrected chi connectivity index (χ4v) is 2.30. The molecule has 0 spiro atoms. The van der Waals surface area contributed by atoms with E-state index in [1.165, 1.54) is 6.07 Å². The van der Waals surface area contributed by atoms with E-state index in [9.17, 15) is 10.1 Å². The maximum atomic E-state index is 10.6. The van der Waals surface area contributed by atoms with E-state index in [4.69, 9.17) is 0 Å². The van der Waals surface area contributed by atoms with Crippen LogP contribution >= 0.6 is 31.9 Å². The van der Waals surface area contributed by atoms with E-state index in [0.29, 0.717) is 5.56 Å². The van der Waals surface area contributed by atoms with E-state index < -0.39 is 0 Å². The Bertz CT molecular complexity index is 339. The highest BCUT2D eigenvalue weighted by Gasteiger charge is 2.19. The van der Waals surface area contributed by atoms with Crippen molar-refractivity contribution in [2.24, 2.45) is 0 Å². The average molecular weight is 309 g/mol. The van der Waals surface area contributed by atoms with E-state index in [-0.39, 0.29) is 14.3 Å². The third kappa shape index (κ3) is 2.28. The smallest absolute Gasteiger partial charge is 0.258 e. The van der Waals surface area contributed by atoms with Crippen molar-refractivity contribution in [3.05, 3.63) is 39.4 Å². The van der Waals surface area contributed by atoms with Crippen LogP contribution in [0.3, 0.4) is 0 Å². The van der Waals surface area contributed by atoms with Gasteiger partial charge in [-0.15, -0.1) is 0 Å². The second kappa shape index (κ2) is 4.19. The summed E-state index contributed by atoms with van der Waals surface area (Å²) in [4.78, 5) is 10.3. The lowest BCUT2D eigenvalue weighted by atomic mass is 10.1. The summed E-state index contributed by atoms with van der Waals surface area (Å²) in [5, 5.41) is 10.6. The predicted molar refractivity (Wildman–Crippen MR) is 58.4 cm³/mol. The van der Waals surface area contributed by atoms with Crippen molar-refractivity contribution in [1.82, 2.24) is 0 Å². The second-order valence-electron chi connectivity index (χ2n) is 2.57. The van der Waals surface area contributed by atoms with Crippen molar-refractivity contribution < 1.29 is 4.92 Å². The van der Waals surface area contributed by atoms with Crippen molar-refractivity contribution in [2.45, 2.75) is 10.7 Å². The van der Waals surface area contributed by atoms with Crippen LogP contribution < -0.4 is 0 Å². The molecule has 0 unspecified atom stereocenters. The summed E-state index contributed by atoms with van der Waals surface area (Å²) in [5.74, 6) is 0. The number of nitrogens with zero attached hydrogens (tertiary/aromatic N) is 1. The highest BCUT2D eigenvalue weighted by molar-refractivity contribution is 9.24. The monoisotopic (exact) mass is 307 g/mol. The summed E-state index contributed by atoms with van der Waals surface area (Å²) < 4.78 is -0.179. The van der Waals surface area contributed by atoms with E-state index in [0.717, 1.165) is 5.56 Å². The standard InChI is InChI=1S/C8H7Br2NO2/c1-5-3-2-4-6(11(12)13)7(5)8(9)10/h2-4,8H,1H3. The molecule has 0 aromatic heterocycles.